The Morgan fingerprint density at radius 3 is 2.83 bits per heavy atom. The van der Waals surface area contributed by atoms with E-state index in [0.29, 0.717) is 33.1 Å². The maximum Gasteiger partial charge on any atom is 0.375 e. The molecule has 1 N–H and O–H groups in total. The molecule has 1 atom stereocenters. The van der Waals surface area contributed by atoms with Gasteiger partial charge in [-0.1, -0.05) is 44.4 Å². The summed E-state index contributed by atoms with van der Waals surface area (Å²) in [4.78, 5) is 26.8. The van der Waals surface area contributed by atoms with Crippen LogP contribution in [0.5, 0.6) is 0 Å². The predicted octanol–water partition coefficient (Wildman–Crippen LogP) is 6.85. The number of carbonyl (C=O) groups excluding carboxylic acids is 2. The Hall–Kier alpha value is -2.76. The van der Waals surface area contributed by atoms with Gasteiger partial charge in [-0.3, -0.25) is 4.79 Å². The zero-order chi connectivity index (χ0) is 25.1. The molecule has 0 radical (unpaired) electrons. The number of fused-ring (bicyclic) bond motifs is 2. The highest BCUT2D eigenvalue weighted by Gasteiger charge is 2.26. The molecule has 1 saturated carbocycles. The Morgan fingerprint density at radius 1 is 1.22 bits per heavy atom. The minimum absolute atomic E-state index is 0.172. The zero-order valence-electron chi connectivity index (χ0n) is 20.4. The molecule has 6 nitrogen and oxygen atoms in total. The van der Waals surface area contributed by atoms with Crippen molar-refractivity contribution in [2.24, 2.45) is 5.92 Å². The van der Waals surface area contributed by atoms with Crippen molar-refractivity contribution in [3.8, 4) is 6.07 Å². The van der Waals surface area contributed by atoms with Gasteiger partial charge in [0, 0.05) is 26.8 Å². The quantitative estimate of drug-likeness (QED) is 0.341. The first-order valence-electron chi connectivity index (χ1n) is 12.7. The van der Waals surface area contributed by atoms with Gasteiger partial charge in [0.2, 0.25) is 5.76 Å². The van der Waals surface area contributed by atoms with E-state index in [0.717, 1.165) is 35.8 Å². The average molecular weight is 523 g/mol. The first-order chi connectivity index (χ1) is 17.5. The van der Waals surface area contributed by atoms with E-state index < -0.39 is 18.5 Å². The smallest absolute Gasteiger partial charge is 0.375 e. The topological polar surface area (TPSA) is 92.3 Å². The summed E-state index contributed by atoms with van der Waals surface area (Å²) >= 11 is 3.33. The summed E-state index contributed by atoms with van der Waals surface area (Å²) in [6.07, 6.45) is 9.05. The third-order valence-corrected chi connectivity index (χ3v) is 9.68. The van der Waals surface area contributed by atoms with Gasteiger partial charge in [0.15, 0.2) is 6.61 Å². The molecule has 5 rings (SSSR count). The summed E-state index contributed by atoms with van der Waals surface area (Å²) in [5, 5.41) is 14.5. The minimum Gasteiger partial charge on any atom is -0.450 e. The van der Waals surface area contributed by atoms with Crippen LogP contribution in [0.2, 0.25) is 0 Å². The summed E-state index contributed by atoms with van der Waals surface area (Å²) in [7, 11) is 0. The van der Waals surface area contributed by atoms with Gasteiger partial charge in [-0.2, -0.15) is 17.0 Å². The lowest BCUT2D eigenvalue weighted by Gasteiger charge is -2.20. The predicted molar refractivity (Wildman–Crippen MR) is 144 cm³/mol. The maximum absolute atomic E-state index is 13.0. The van der Waals surface area contributed by atoms with E-state index >= 15 is 0 Å². The standard InChI is InChI=1S/C28H30N2O4S2/c1-17-11-12-20-21(14-29)27(36-24(20)13-17)30-25(31)15-33-28(32)26-22(16-35-18-7-3-2-4-8-18)19-9-5-6-10-23(19)34-26/h5-6,9-10,17-18H,2-4,7-8,11-13,15-16H2,1H3,(H,30,31)/t17-/m0/s1. The number of benzene rings is 1. The Kier molecular flexibility index (Phi) is 7.68. The van der Waals surface area contributed by atoms with E-state index in [9.17, 15) is 14.9 Å². The largest absolute Gasteiger partial charge is 0.450 e. The number of carbonyl (C=O) groups is 2. The van der Waals surface area contributed by atoms with Gasteiger partial charge in [-0.05, 0) is 49.7 Å². The monoisotopic (exact) mass is 522 g/mol. The van der Waals surface area contributed by atoms with Crippen LogP contribution in [0.15, 0.2) is 28.7 Å². The van der Waals surface area contributed by atoms with Crippen molar-refractivity contribution in [3.63, 3.8) is 0 Å². The number of thiophene rings is 1. The minimum atomic E-state index is -0.639. The van der Waals surface area contributed by atoms with Crippen molar-refractivity contribution in [3.05, 3.63) is 51.6 Å². The van der Waals surface area contributed by atoms with Crippen molar-refractivity contribution in [1.29, 1.82) is 5.26 Å². The lowest BCUT2D eigenvalue weighted by molar-refractivity contribution is -0.119. The van der Waals surface area contributed by atoms with E-state index in [1.165, 1.54) is 48.3 Å². The lowest BCUT2D eigenvalue weighted by Crippen LogP contribution is -2.21. The number of furan rings is 1. The van der Waals surface area contributed by atoms with Gasteiger partial charge in [-0.25, -0.2) is 4.79 Å². The summed E-state index contributed by atoms with van der Waals surface area (Å²) < 4.78 is 11.3. The molecule has 0 saturated heterocycles. The van der Waals surface area contributed by atoms with Crippen molar-refractivity contribution in [1.82, 2.24) is 0 Å². The molecule has 0 unspecified atom stereocenters. The van der Waals surface area contributed by atoms with Crippen molar-refractivity contribution < 1.29 is 18.7 Å². The Bertz CT molecular complexity index is 1310. The highest BCUT2D eigenvalue weighted by Crippen LogP contribution is 2.39. The molecular weight excluding hydrogens is 492 g/mol. The first-order valence-corrected chi connectivity index (χ1v) is 14.5. The van der Waals surface area contributed by atoms with Crippen molar-refractivity contribution >= 4 is 50.9 Å². The highest BCUT2D eigenvalue weighted by molar-refractivity contribution is 7.99. The second kappa shape index (κ2) is 11.1. The highest BCUT2D eigenvalue weighted by atomic mass is 32.2. The maximum atomic E-state index is 13.0. The molecule has 0 spiro atoms. The molecule has 1 aromatic carbocycles. The molecule has 8 heteroatoms. The molecule has 3 aromatic rings. The third kappa shape index (κ3) is 5.33. The summed E-state index contributed by atoms with van der Waals surface area (Å²) in [5.74, 6) is 0.316. The second-order valence-corrected chi connectivity index (χ2v) is 12.2. The van der Waals surface area contributed by atoms with Crippen molar-refractivity contribution in [2.45, 2.75) is 69.3 Å². The number of amides is 1. The number of nitrogens with zero attached hydrogens (tertiary/aromatic N) is 1. The molecule has 1 fully saturated rings. The van der Waals surface area contributed by atoms with Crippen LogP contribution in [0.1, 0.15) is 77.6 Å². The summed E-state index contributed by atoms with van der Waals surface area (Å²) in [5.41, 5.74) is 3.07. The van der Waals surface area contributed by atoms with E-state index in [1.54, 1.807) is 0 Å². The third-order valence-electron chi connectivity index (χ3n) is 7.11. The first kappa shape index (κ1) is 24.9. The molecule has 2 aliphatic rings. The summed E-state index contributed by atoms with van der Waals surface area (Å²) in [6, 6.07) is 9.86. The Balaban J connectivity index is 1.26. The van der Waals surface area contributed by atoms with E-state index in [1.807, 2.05) is 36.0 Å². The number of ether oxygens (including phenoxy) is 1. The van der Waals surface area contributed by atoms with Gasteiger partial charge < -0.3 is 14.5 Å². The number of esters is 1. The van der Waals surface area contributed by atoms with Gasteiger partial charge in [-0.15, -0.1) is 11.3 Å². The van der Waals surface area contributed by atoms with E-state index in [2.05, 4.69) is 18.3 Å². The van der Waals surface area contributed by atoms with Crippen LogP contribution in [0, 0.1) is 17.2 Å². The number of hydrogen-bond donors (Lipinski definition) is 1. The summed E-state index contributed by atoms with van der Waals surface area (Å²) in [6.45, 7) is 1.77. The average Bonchev–Trinajstić information content (AvgIpc) is 3.43. The zero-order valence-corrected chi connectivity index (χ0v) is 22.1. The van der Waals surface area contributed by atoms with E-state index in [4.69, 9.17) is 9.15 Å². The lowest BCUT2D eigenvalue weighted by atomic mass is 9.89. The normalized spacial score (nSPS) is 17.9. The molecule has 188 valence electrons. The Labute approximate surface area is 219 Å². The van der Waals surface area contributed by atoms with Gasteiger partial charge in [0.1, 0.15) is 16.7 Å². The Morgan fingerprint density at radius 2 is 2.03 bits per heavy atom. The molecule has 2 aliphatic carbocycles. The number of anilines is 1. The van der Waals surface area contributed by atoms with E-state index in [-0.39, 0.29) is 5.76 Å². The number of para-hydroxylation sites is 1. The molecule has 2 heterocycles. The van der Waals surface area contributed by atoms with Crippen LogP contribution in [-0.2, 0) is 28.1 Å². The fourth-order valence-corrected chi connectivity index (χ4v) is 7.89. The van der Waals surface area contributed by atoms with Gasteiger partial charge in [0.05, 0.1) is 5.56 Å². The number of nitriles is 1. The fraction of sp³-hybridized carbons (Fsp3) is 0.464. The van der Waals surface area contributed by atoms with Crippen LogP contribution < -0.4 is 5.32 Å². The molecule has 36 heavy (non-hydrogen) atoms. The van der Waals surface area contributed by atoms with Crippen LogP contribution in [0.25, 0.3) is 11.0 Å². The van der Waals surface area contributed by atoms with Crippen LogP contribution in [0.4, 0.5) is 5.00 Å². The van der Waals surface area contributed by atoms with Gasteiger partial charge >= 0.3 is 5.97 Å². The molecule has 0 bridgehead atoms. The second-order valence-electron chi connectivity index (χ2n) is 9.77. The van der Waals surface area contributed by atoms with Crippen LogP contribution >= 0.6 is 23.1 Å². The molecule has 1 amide bonds. The van der Waals surface area contributed by atoms with Crippen LogP contribution in [0.3, 0.4) is 0 Å². The number of thioether (sulfide) groups is 1. The molecular formula is C28H30N2O4S2. The van der Waals surface area contributed by atoms with Crippen molar-refractivity contribution in [2.75, 3.05) is 11.9 Å². The molecule has 2 aromatic heterocycles. The number of hydrogen-bond acceptors (Lipinski definition) is 7. The fourth-order valence-electron chi connectivity index (χ4n) is 5.16. The van der Waals surface area contributed by atoms with Gasteiger partial charge in [0.25, 0.3) is 5.91 Å². The number of nitrogens with one attached hydrogen (secondary N) is 1. The molecule has 0 aliphatic heterocycles. The van der Waals surface area contributed by atoms with Crippen LogP contribution in [-0.4, -0.2) is 23.7 Å². The number of rotatable bonds is 7. The SMILES string of the molecule is C[C@H]1CCc2c(sc(NC(=O)COC(=O)c3oc4ccccc4c3CSC3CCCCC3)c2C#N)C1.